The molecule has 0 saturated carbocycles. The lowest BCUT2D eigenvalue weighted by molar-refractivity contribution is -0.136. The highest BCUT2D eigenvalue weighted by atomic mass is 35.5. The van der Waals surface area contributed by atoms with Crippen molar-refractivity contribution >= 4 is 29.3 Å². The minimum Gasteiger partial charge on any atom is -0.495 e. The van der Waals surface area contributed by atoms with Gasteiger partial charge in [0.05, 0.1) is 12.1 Å². The first-order chi connectivity index (χ1) is 10.5. The molecule has 3 nitrogen and oxygen atoms in total. The number of benzene rings is 2. The molecule has 2 rings (SSSR count). The fourth-order valence-electron chi connectivity index (χ4n) is 2.01. The van der Waals surface area contributed by atoms with Crippen LogP contribution in [0, 0.1) is 6.92 Å². The highest BCUT2D eigenvalue weighted by Crippen LogP contribution is 2.29. The topological polar surface area (TPSA) is 46.5 Å². The van der Waals surface area contributed by atoms with Gasteiger partial charge in [0.2, 0.25) is 0 Å². The van der Waals surface area contributed by atoms with Gasteiger partial charge in [-0.2, -0.15) is 0 Å². The van der Waals surface area contributed by atoms with Gasteiger partial charge in [-0.05, 0) is 43.2 Å². The van der Waals surface area contributed by atoms with Crippen LogP contribution in [0.3, 0.4) is 0 Å². The van der Waals surface area contributed by atoms with E-state index in [0.29, 0.717) is 17.2 Å². The maximum atomic E-state index is 11.5. The Hall–Kier alpha value is -1.65. The summed E-state index contributed by atoms with van der Waals surface area (Å²) in [5, 5.41) is 9.37. The summed E-state index contributed by atoms with van der Waals surface area (Å²) in [6.45, 7) is 2.00. The second kappa shape index (κ2) is 7.56. The molecule has 1 N–H and O–H groups in total. The number of hydrogen-bond donors (Lipinski definition) is 1. The number of ether oxygens (including phenoxy) is 1. The number of carbonyl (C=O) groups is 1. The number of aliphatic carboxylic acids is 1. The van der Waals surface area contributed by atoms with Crippen molar-refractivity contribution in [2.45, 2.75) is 23.5 Å². The van der Waals surface area contributed by atoms with Gasteiger partial charge in [-0.15, -0.1) is 11.8 Å². The quantitative estimate of drug-likeness (QED) is 0.792. The standard InChI is InChI=1S/C17H17ClO3S/c1-11-3-6-13(7-4-11)22-16(17(19)20)10-12-5-8-15(21-2)14(18)9-12/h3-9,16H,10H2,1-2H3,(H,19,20)/t16-/m1/s1. The van der Waals surface area contributed by atoms with Gasteiger partial charge in [0.1, 0.15) is 11.0 Å². The van der Waals surface area contributed by atoms with Crippen molar-refractivity contribution in [3.8, 4) is 5.75 Å². The van der Waals surface area contributed by atoms with Gasteiger partial charge in [0, 0.05) is 4.90 Å². The maximum absolute atomic E-state index is 11.5. The Bertz CT molecular complexity index is 655. The first-order valence-electron chi connectivity index (χ1n) is 6.78. The minimum atomic E-state index is -0.836. The van der Waals surface area contributed by atoms with Crippen molar-refractivity contribution in [3.05, 3.63) is 58.6 Å². The fraction of sp³-hybridized carbons (Fsp3) is 0.235. The van der Waals surface area contributed by atoms with Gasteiger partial charge in [-0.3, -0.25) is 4.79 Å². The van der Waals surface area contributed by atoms with Gasteiger partial charge >= 0.3 is 5.97 Å². The summed E-state index contributed by atoms with van der Waals surface area (Å²) in [4.78, 5) is 12.4. The monoisotopic (exact) mass is 336 g/mol. The van der Waals surface area contributed by atoms with Crippen LogP contribution in [-0.4, -0.2) is 23.4 Å². The number of rotatable bonds is 6. The zero-order valence-corrected chi connectivity index (χ0v) is 13.9. The molecule has 0 radical (unpaired) electrons. The molecule has 22 heavy (non-hydrogen) atoms. The molecule has 5 heteroatoms. The van der Waals surface area contributed by atoms with Crippen LogP contribution in [0.5, 0.6) is 5.75 Å². The van der Waals surface area contributed by atoms with Crippen molar-refractivity contribution in [2.75, 3.05) is 7.11 Å². The lowest BCUT2D eigenvalue weighted by atomic mass is 10.1. The molecule has 0 amide bonds. The smallest absolute Gasteiger partial charge is 0.317 e. The van der Waals surface area contributed by atoms with E-state index in [9.17, 15) is 9.90 Å². The molecule has 0 bridgehead atoms. The molecule has 0 unspecified atom stereocenters. The Kier molecular flexibility index (Phi) is 5.75. The van der Waals surface area contributed by atoms with Crippen LogP contribution in [0.2, 0.25) is 5.02 Å². The number of carboxylic acids is 1. The summed E-state index contributed by atoms with van der Waals surface area (Å²) in [6, 6.07) is 13.2. The Morgan fingerprint density at radius 1 is 1.27 bits per heavy atom. The summed E-state index contributed by atoms with van der Waals surface area (Å²) >= 11 is 7.43. The summed E-state index contributed by atoms with van der Waals surface area (Å²) < 4.78 is 5.11. The molecule has 0 heterocycles. The molecule has 0 aliphatic rings. The van der Waals surface area contributed by atoms with Crippen molar-refractivity contribution < 1.29 is 14.6 Å². The number of thioether (sulfide) groups is 1. The molecule has 116 valence electrons. The Labute approximate surface area is 139 Å². The van der Waals surface area contributed by atoms with Crippen LogP contribution in [0.1, 0.15) is 11.1 Å². The number of carboxylic acid groups (broad SMARTS) is 1. The van der Waals surface area contributed by atoms with Crippen LogP contribution < -0.4 is 4.74 Å². The number of hydrogen-bond acceptors (Lipinski definition) is 3. The average molecular weight is 337 g/mol. The van der Waals surface area contributed by atoms with Crippen molar-refractivity contribution in [3.63, 3.8) is 0 Å². The van der Waals surface area contributed by atoms with Gasteiger partial charge in [-0.1, -0.05) is 35.4 Å². The first kappa shape index (κ1) is 16.7. The predicted octanol–water partition coefficient (Wildman–Crippen LogP) is 4.45. The Morgan fingerprint density at radius 2 is 1.95 bits per heavy atom. The van der Waals surface area contributed by atoms with Gasteiger partial charge in [0.25, 0.3) is 0 Å². The molecule has 1 atom stereocenters. The Morgan fingerprint density at radius 3 is 2.50 bits per heavy atom. The summed E-state index contributed by atoms with van der Waals surface area (Å²) in [7, 11) is 1.55. The molecule has 0 aliphatic heterocycles. The molecule has 0 aromatic heterocycles. The molecular weight excluding hydrogens is 320 g/mol. The largest absolute Gasteiger partial charge is 0.495 e. The third kappa shape index (κ3) is 4.42. The highest BCUT2D eigenvalue weighted by Gasteiger charge is 2.20. The number of halogens is 1. The molecule has 0 spiro atoms. The lowest BCUT2D eigenvalue weighted by Gasteiger charge is -2.13. The van der Waals surface area contributed by atoms with E-state index in [1.165, 1.54) is 11.8 Å². The summed E-state index contributed by atoms with van der Waals surface area (Å²) in [5.41, 5.74) is 2.02. The van der Waals surface area contributed by atoms with E-state index in [0.717, 1.165) is 16.0 Å². The SMILES string of the molecule is COc1ccc(C[C@@H](Sc2ccc(C)cc2)C(=O)O)cc1Cl. The van der Waals surface area contributed by atoms with Crippen LogP contribution in [0.15, 0.2) is 47.4 Å². The second-order valence-corrected chi connectivity index (χ2v) is 6.61. The third-order valence-electron chi connectivity index (χ3n) is 3.21. The minimum absolute atomic E-state index is 0.400. The van der Waals surface area contributed by atoms with Gasteiger partial charge in [0.15, 0.2) is 0 Å². The first-order valence-corrected chi connectivity index (χ1v) is 8.04. The van der Waals surface area contributed by atoms with E-state index < -0.39 is 11.2 Å². The van der Waals surface area contributed by atoms with E-state index in [1.807, 2.05) is 37.3 Å². The van der Waals surface area contributed by atoms with Crippen LogP contribution in [0.4, 0.5) is 0 Å². The van der Waals surface area contributed by atoms with E-state index in [2.05, 4.69) is 0 Å². The van der Waals surface area contributed by atoms with Crippen LogP contribution in [0.25, 0.3) is 0 Å². The summed E-state index contributed by atoms with van der Waals surface area (Å²) in [6.07, 6.45) is 0.400. The molecule has 2 aromatic carbocycles. The lowest BCUT2D eigenvalue weighted by Crippen LogP contribution is -2.19. The van der Waals surface area contributed by atoms with Gasteiger partial charge in [-0.25, -0.2) is 0 Å². The summed E-state index contributed by atoms with van der Waals surface area (Å²) in [5.74, 6) is -0.249. The van der Waals surface area contributed by atoms with E-state index in [4.69, 9.17) is 16.3 Å². The molecule has 2 aromatic rings. The fourth-order valence-corrected chi connectivity index (χ4v) is 3.29. The normalized spacial score (nSPS) is 12.0. The zero-order valence-electron chi connectivity index (χ0n) is 12.4. The van der Waals surface area contributed by atoms with Crippen molar-refractivity contribution in [1.29, 1.82) is 0 Å². The third-order valence-corrected chi connectivity index (χ3v) is 4.70. The predicted molar refractivity (Wildman–Crippen MR) is 90.2 cm³/mol. The maximum Gasteiger partial charge on any atom is 0.317 e. The second-order valence-electron chi connectivity index (χ2n) is 4.93. The van der Waals surface area contributed by atoms with Crippen LogP contribution in [-0.2, 0) is 11.2 Å². The highest BCUT2D eigenvalue weighted by molar-refractivity contribution is 8.00. The number of aryl methyl sites for hydroxylation is 1. The van der Waals surface area contributed by atoms with E-state index in [-0.39, 0.29) is 0 Å². The average Bonchev–Trinajstić information content (AvgIpc) is 2.49. The number of methoxy groups -OCH3 is 1. The molecule has 0 aliphatic carbocycles. The van der Waals surface area contributed by atoms with Crippen molar-refractivity contribution in [1.82, 2.24) is 0 Å². The molecular formula is C17H17ClO3S. The van der Waals surface area contributed by atoms with E-state index >= 15 is 0 Å². The van der Waals surface area contributed by atoms with Crippen molar-refractivity contribution in [2.24, 2.45) is 0 Å². The van der Waals surface area contributed by atoms with Crippen LogP contribution >= 0.6 is 23.4 Å². The van der Waals surface area contributed by atoms with Gasteiger partial charge < -0.3 is 9.84 Å². The zero-order chi connectivity index (χ0) is 16.1. The molecule has 0 saturated heterocycles. The molecule has 0 fully saturated rings. The van der Waals surface area contributed by atoms with E-state index in [1.54, 1.807) is 19.2 Å². The Balaban J connectivity index is 2.13.